The first-order valence-corrected chi connectivity index (χ1v) is 8.01. The van der Waals surface area contributed by atoms with Crippen LogP contribution in [-0.2, 0) is 11.3 Å². The van der Waals surface area contributed by atoms with E-state index in [4.69, 9.17) is 0 Å². The number of thioether (sulfide) groups is 1. The molecule has 2 rings (SSSR count). The summed E-state index contributed by atoms with van der Waals surface area (Å²) in [6.45, 7) is 7.03. The third-order valence-electron chi connectivity index (χ3n) is 3.29. The summed E-state index contributed by atoms with van der Waals surface area (Å²) < 4.78 is 2.15. The number of benzene rings is 1. The number of hydrogen-bond acceptors (Lipinski definition) is 3. The van der Waals surface area contributed by atoms with Crippen LogP contribution in [0.1, 0.15) is 27.2 Å². The highest BCUT2D eigenvalue weighted by atomic mass is 32.2. The third kappa shape index (κ3) is 3.33. The molecule has 4 nitrogen and oxygen atoms in total. The molecule has 0 spiro atoms. The van der Waals surface area contributed by atoms with Crippen molar-refractivity contribution in [3.8, 4) is 0 Å². The van der Waals surface area contributed by atoms with E-state index in [9.17, 15) is 4.79 Å². The van der Waals surface area contributed by atoms with E-state index < -0.39 is 0 Å². The van der Waals surface area contributed by atoms with Crippen molar-refractivity contribution < 1.29 is 4.79 Å². The SMILES string of the molecule is CCC(C)NC(=O)CSc1nc2ccccc2n1CC. The summed E-state index contributed by atoms with van der Waals surface area (Å²) in [5.74, 6) is 0.479. The number of fused-ring (bicyclic) bond motifs is 1. The Bertz CT molecular complexity index is 594. The van der Waals surface area contributed by atoms with E-state index >= 15 is 0 Å². The van der Waals surface area contributed by atoms with Crippen molar-refractivity contribution in [2.75, 3.05) is 5.75 Å². The molecule has 1 N–H and O–H groups in total. The number of rotatable bonds is 6. The molecule has 0 aliphatic rings. The van der Waals surface area contributed by atoms with Gasteiger partial charge in [0.05, 0.1) is 16.8 Å². The molecule has 1 unspecified atom stereocenters. The van der Waals surface area contributed by atoms with Gasteiger partial charge >= 0.3 is 0 Å². The highest BCUT2D eigenvalue weighted by molar-refractivity contribution is 7.99. The van der Waals surface area contributed by atoms with Crippen molar-refractivity contribution in [3.63, 3.8) is 0 Å². The predicted octanol–water partition coefficient (Wildman–Crippen LogP) is 3.06. The Balaban J connectivity index is 2.08. The largest absolute Gasteiger partial charge is 0.353 e. The Hall–Kier alpha value is -1.49. The van der Waals surface area contributed by atoms with Crippen LogP contribution in [0.25, 0.3) is 11.0 Å². The van der Waals surface area contributed by atoms with Gasteiger partial charge in [0.1, 0.15) is 0 Å². The topological polar surface area (TPSA) is 46.9 Å². The van der Waals surface area contributed by atoms with Crippen LogP contribution in [0.5, 0.6) is 0 Å². The van der Waals surface area contributed by atoms with Crippen LogP contribution < -0.4 is 5.32 Å². The van der Waals surface area contributed by atoms with Gasteiger partial charge in [0.15, 0.2) is 5.16 Å². The van der Waals surface area contributed by atoms with Crippen molar-refractivity contribution in [1.29, 1.82) is 0 Å². The number of amides is 1. The van der Waals surface area contributed by atoms with Crippen LogP contribution >= 0.6 is 11.8 Å². The first-order valence-electron chi connectivity index (χ1n) is 7.03. The monoisotopic (exact) mass is 291 g/mol. The molecule has 108 valence electrons. The van der Waals surface area contributed by atoms with E-state index in [0.29, 0.717) is 5.75 Å². The zero-order valence-electron chi connectivity index (χ0n) is 12.2. The van der Waals surface area contributed by atoms with Gasteiger partial charge in [0.2, 0.25) is 5.91 Å². The maximum Gasteiger partial charge on any atom is 0.230 e. The molecule has 1 heterocycles. The predicted molar refractivity (Wildman–Crippen MR) is 84.0 cm³/mol. The van der Waals surface area contributed by atoms with E-state index in [0.717, 1.165) is 29.2 Å². The maximum absolute atomic E-state index is 11.8. The van der Waals surface area contributed by atoms with Gasteiger partial charge in [0, 0.05) is 12.6 Å². The Kier molecular flexibility index (Phi) is 5.06. The normalized spacial score (nSPS) is 12.6. The summed E-state index contributed by atoms with van der Waals surface area (Å²) >= 11 is 1.50. The Morgan fingerprint density at radius 3 is 2.85 bits per heavy atom. The minimum absolute atomic E-state index is 0.0686. The minimum atomic E-state index is 0.0686. The lowest BCUT2D eigenvalue weighted by Gasteiger charge is -2.11. The molecule has 0 radical (unpaired) electrons. The van der Waals surface area contributed by atoms with Gasteiger partial charge < -0.3 is 9.88 Å². The molecule has 0 aliphatic carbocycles. The third-order valence-corrected chi connectivity index (χ3v) is 4.26. The molecule has 0 saturated carbocycles. The summed E-state index contributed by atoms with van der Waals surface area (Å²) in [6.07, 6.45) is 0.948. The molecule has 20 heavy (non-hydrogen) atoms. The quantitative estimate of drug-likeness (QED) is 0.832. The molecule has 0 bridgehead atoms. The summed E-state index contributed by atoms with van der Waals surface area (Å²) in [7, 11) is 0. The molecular formula is C15H21N3OS. The number of para-hydroxylation sites is 2. The van der Waals surface area contributed by atoms with Crippen molar-refractivity contribution in [1.82, 2.24) is 14.9 Å². The average molecular weight is 291 g/mol. The van der Waals surface area contributed by atoms with Crippen LogP contribution in [0.15, 0.2) is 29.4 Å². The number of carbonyl (C=O) groups excluding carboxylic acids is 1. The molecule has 1 aromatic carbocycles. The van der Waals surface area contributed by atoms with Gasteiger partial charge in [-0.25, -0.2) is 4.98 Å². The summed E-state index contributed by atoms with van der Waals surface area (Å²) in [5, 5.41) is 3.88. The van der Waals surface area contributed by atoms with Crippen LogP contribution in [0.4, 0.5) is 0 Å². The average Bonchev–Trinajstić information content (AvgIpc) is 2.82. The van der Waals surface area contributed by atoms with E-state index in [1.54, 1.807) is 0 Å². The second kappa shape index (κ2) is 6.79. The Morgan fingerprint density at radius 1 is 1.40 bits per heavy atom. The van der Waals surface area contributed by atoms with Gasteiger partial charge in [-0.3, -0.25) is 4.79 Å². The summed E-state index contributed by atoms with van der Waals surface area (Å²) in [5.41, 5.74) is 2.11. The van der Waals surface area contributed by atoms with Crippen molar-refractivity contribution >= 4 is 28.7 Å². The molecule has 1 amide bonds. The number of carbonyl (C=O) groups is 1. The van der Waals surface area contributed by atoms with E-state index in [2.05, 4.69) is 34.8 Å². The molecule has 2 aromatic rings. The van der Waals surface area contributed by atoms with Gasteiger partial charge in [-0.1, -0.05) is 30.8 Å². The molecular weight excluding hydrogens is 270 g/mol. The molecule has 0 fully saturated rings. The van der Waals surface area contributed by atoms with E-state index in [1.807, 2.05) is 25.1 Å². The highest BCUT2D eigenvalue weighted by Gasteiger charge is 2.12. The van der Waals surface area contributed by atoms with Crippen molar-refractivity contribution in [2.24, 2.45) is 0 Å². The lowest BCUT2D eigenvalue weighted by Crippen LogP contribution is -2.33. The van der Waals surface area contributed by atoms with Crippen molar-refractivity contribution in [2.45, 2.75) is 44.9 Å². The maximum atomic E-state index is 11.8. The van der Waals surface area contributed by atoms with Crippen LogP contribution in [0.2, 0.25) is 0 Å². The second-order valence-electron chi connectivity index (χ2n) is 4.79. The number of hydrogen-bond donors (Lipinski definition) is 1. The lowest BCUT2D eigenvalue weighted by molar-refractivity contribution is -0.119. The minimum Gasteiger partial charge on any atom is -0.353 e. The fourth-order valence-electron chi connectivity index (χ4n) is 2.02. The van der Waals surface area contributed by atoms with Crippen LogP contribution in [0.3, 0.4) is 0 Å². The molecule has 1 atom stereocenters. The second-order valence-corrected chi connectivity index (χ2v) is 5.74. The smallest absolute Gasteiger partial charge is 0.230 e. The van der Waals surface area contributed by atoms with Crippen LogP contribution in [-0.4, -0.2) is 27.3 Å². The summed E-state index contributed by atoms with van der Waals surface area (Å²) in [4.78, 5) is 16.4. The number of aromatic nitrogens is 2. The highest BCUT2D eigenvalue weighted by Crippen LogP contribution is 2.23. The van der Waals surface area contributed by atoms with E-state index in [1.165, 1.54) is 11.8 Å². The van der Waals surface area contributed by atoms with Gasteiger partial charge in [-0.15, -0.1) is 0 Å². The fourth-order valence-corrected chi connectivity index (χ4v) is 2.91. The van der Waals surface area contributed by atoms with Gasteiger partial charge in [0.25, 0.3) is 0 Å². The van der Waals surface area contributed by atoms with Gasteiger partial charge in [-0.2, -0.15) is 0 Å². The number of aryl methyl sites for hydroxylation is 1. The Labute approximate surface area is 124 Å². The fraction of sp³-hybridized carbons (Fsp3) is 0.467. The number of nitrogens with zero attached hydrogens (tertiary/aromatic N) is 2. The zero-order chi connectivity index (χ0) is 14.5. The lowest BCUT2D eigenvalue weighted by atomic mass is 10.3. The first-order chi connectivity index (χ1) is 9.65. The standard InChI is InChI=1S/C15H21N3OS/c1-4-11(3)16-14(19)10-20-15-17-12-8-6-7-9-13(12)18(15)5-2/h6-9,11H,4-5,10H2,1-3H3,(H,16,19). The molecule has 0 aliphatic heterocycles. The summed E-state index contributed by atoms with van der Waals surface area (Å²) in [6, 6.07) is 8.30. The van der Waals surface area contributed by atoms with E-state index in [-0.39, 0.29) is 11.9 Å². The number of imidazole rings is 1. The molecule has 5 heteroatoms. The Morgan fingerprint density at radius 2 is 2.15 bits per heavy atom. The van der Waals surface area contributed by atoms with Crippen LogP contribution in [0, 0.1) is 0 Å². The van der Waals surface area contributed by atoms with Gasteiger partial charge in [-0.05, 0) is 32.4 Å². The first kappa shape index (κ1) is 14.9. The zero-order valence-corrected chi connectivity index (χ0v) is 13.0. The molecule has 0 saturated heterocycles. The number of nitrogens with one attached hydrogen (secondary N) is 1. The van der Waals surface area contributed by atoms with Crippen molar-refractivity contribution in [3.05, 3.63) is 24.3 Å². The molecule has 1 aromatic heterocycles.